The monoisotopic (exact) mass is 391 g/mol. The molecule has 0 aromatic heterocycles. The molecule has 1 atom stereocenters. The average molecular weight is 392 g/mol. The van der Waals surface area contributed by atoms with Gasteiger partial charge < -0.3 is 15.8 Å². The van der Waals surface area contributed by atoms with Crippen molar-refractivity contribution in [2.75, 3.05) is 32.8 Å². The Labute approximate surface area is 155 Å². The molecule has 0 aliphatic carbocycles. The van der Waals surface area contributed by atoms with Crippen LogP contribution in [0.3, 0.4) is 0 Å². The number of rotatable bonds is 7. The second-order valence-corrected chi connectivity index (χ2v) is 7.63. The van der Waals surface area contributed by atoms with Gasteiger partial charge in [-0.3, -0.25) is 4.79 Å². The Morgan fingerprint density at radius 3 is 2.88 bits per heavy atom. The molecule has 0 spiro atoms. The highest BCUT2D eigenvalue weighted by molar-refractivity contribution is 7.89. The minimum Gasteiger partial charge on any atom is -0.494 e. The summed E-state index contributed by atoms with van der Waals surface area (Å²) < 4.78 is 32.4. The van der Waals surface area contributed by atoms with E-state index in [9.17, 15) is 13.2 Å². The largest absolute Gasteiger partial charge is 0.494 e. The quantitative estimate of drug-likeness (QED) is 0.721. The van der Waals surface area contributed by atoms with E-state index in [1.54, 1.807) is 18.2 Å². The maximum atomic E-state index is 12.8. The highest BCUT2D eigenvalue weighted by Crippen LogP contribution is 2.26. The van der Waals surface area contributed by atoms with Gasteiger partial charge in [0.2, 0.25) is 15.9 Å². The number of benzene rings is 1. The molecule has 1 saturated heterocycles. The molecule has 1 aromatic rings. The molecule has 1 aliphatic rings. The first-order valence-electron chi connectivity index (χ1n) is 8.19. The summed E-state index contributed by atoms with van der Waals surface area (Å²) in [6.45, 7) is 3.69. The Balaban J connectivity index is 0.00000312. The van der Waals surface area contributed by atoms with E-state index in [1.165, 1.54) is 10.4 Å². The fraction of sp³-hybridized carbons (Fsp3) is 0.562. The summed E-state index contributed by atoms with van der Waals surface area (Å²) in [6, 6.07) is 6.46. The van der Waals surface area contributed by atoms with Crippen LogP contribution in [0.4, 0.5) is 0 Å². The van der Waals surface area contributed by atoms with E-state index in [2.05, 4.69) is 5.32 Å². The molecule has 9 heteroatoms. The van der Waals surface area contributed by atoms with Crippen LogP contribution in [0.2, 0.25) is 0 Å². The zero-order chi connectivity index (χ0) is 17.6. The number of hydrogen-bond acceptors (Lipinski definition) is 5. The third-order valence-electron chi connectivity index (χ3n) is 3.95. The van der Waals surface area contributed by atoms with E-state index in [0.717, 1.165) is 0 Å². The van der Waals surface area contributed by atoms with Gasteiger partial charge in [-0.1, -0.05) is 6.07 Å². The van der Waals surface area contributed by atoms with E-state index in [-0.39, 0.29) is 35.7 Å². The van der Waals surface area contributed by atoms with Crippen molar-refractivity contribution in [2.24, 2.45) is 11.7 Å². The number of nitrogens with one attached hydrogen (secondary N) is 1. The zero-order valence-corrected chi connectivity index (χ0v) is 15.9. The van der Waals surface area contributed by atoms with Gasteiger partial charge in [0.05, 0.1) is 17.4 Å². The summed E-state index contributed by atoms with van der Waals surface area (Å²) in [5.74, 6) is 0.0476. The summed E-state index contributed by atoms with van der Waals surface area (Å²) in [5, 5.41) is 2.73. The maximum Gasteiger partial charge on any atom is 0.243 e. The molecule has 0 saturated carbocycles. The van der Waals surface area contributed by atoms with Crippen molar-refractivity contribution in [1.82, 2.24) is 9.62 Å². The molecule has 1 aromatic carbocycles. The predicted octanol–water partition coefficient (Wildman–Crippen LogP) is 0.983. The minimum atomic E-state index is -3.64. The highest BCUT2D eigenvalue weighted by Gasteiger charge is 2.33. The van der Waals surface area contributed by atoms with Gasteiger partial charge in [0, 0.05) is 32.2 Å². The summed E-state index contributed by atoms with van der Waals surface area (Å²) in [4.78, 5) is 12.3. The number of sulfonamides is 1. The Morgan fingerprint density at radius 2 is 2.20 bits per heavy atom. The average Bonchev–Trinajstić information content (AvgIpc) is 2.60. The molecular weight excluding hydrogens is 366 g/mol. The van der Waals surface area contributed by atoms with Crippen LogP contribution in [-0.4, -0.2) is 51.4 Å². The van der Waals surface area contributed by atoms with Gasteiger partial charge in [-0.05, 0) is 31.9 Å². The first-order chi connectivity index (χ1) is 11.5. The third-order valence-corrected chi connectivity index (χ3v) is 5.81. The number of ether oxygens (including phenoxy) is 1. The lowest BCUT2D eigenvalue weighted by Crippen LogP contribution is -2.46. The van der Waals surface area contributed by atoms with Gasteiger partial charge in [0.1, 0.15) is 5.75 Å². The summed E-state index contributed by atoms with van der Waals surface area (Å²) in [5.41, 5.74) is 5.38. The Hall–Kier alpha value is -1.35. The molecule has 25 heavy (non-hydrogen) atoms. The SMILES string of the molecule is CCOc1cccc(S(=O)(=O)N2CCCC(C(=O)NCCN)C2)c1.Cl. The number of nitrogens with two attached hydrogens (primary N) is 1. The number of carbonyl (C=O) groups excluding carboxylic acids is 1. The number of carbonyl (C=O) groups is 1. The fourth-order valence-corrected chi connectivity index (χ4v) is 4.31. The van der Waals surface area contributed by atoms with Gasteiger partial charge in [0.15, 0.2) is 0 Å². The van der Waals surface area contributed by atoms with Crippen LogP contribution in [-0.2, 0) is 14.8 Å². The number of piperidine rings is 1. The number of amides is 1. The molecule has 1 unspecified atom stereocenters. The van der Waals surface area contributed by atoms with Crippen LogP contribution in [0.1, 0.15) is 19.8 Å². The molecule has 0 radical (unpaired) electrons. The van der Waals surface area contributed by atoms with Crippen molar-refractivity contribution in [3.05, 3.63) is 24.3 Å². The fourth-order valence-electron chi connectivity index (χ4n) is 2.75. The molecular formula is C16H26ClN3O4S. The van der Waals surface area contributed by atoms with Crippen LogP contribution in [0.15, 0.2) is 29.2 Å². The van der Waals surface area contributed by atoms with Crippen molar-refractivity contribution < 1.29 is 17.9 Å². The molecule has 2 rings (SSSR count). The molecule has 1 aliphatic heterocycles. The molecule has 142 valence electrons. The van der Waals surface area contributed by atoms with Gasteiger partial charge in [-0.25, -0.2) is 8.42 Å². The van der Waals surface area contributed by atoms with E-state index in [4.69, 9.17) is 10.5 Å². The molecule has 1 amide bonds. The van der Waals surface area contributed by atoms with Crippen LogP contribution in [0.5, 0.6) is 5.75 Å². The van der Waals surface area contributed by atoms with E-state index in [1.807, 2.05) is 6.92 Å². The predicted molar refractivity (Wildman–Crippen MR) is 98.4 cm³/mol. The maximum absolute atomic E-state index is 12.8. The van der Waals surface area contributed by atoms with E-state index in [0.29, 0.717) is 44.8 Å². The summed E-state index contributed by atoms with van der Waals surface area (Å²) in [7, 11) is -3.64. The van der Waals surface area contributed by atoms with E-state index < -0.39 is 10.0 Å². The van der Waals surface area contributed by atoms with E-state index >= 15 is 0 Å². The Morgan fingerprint density at radius 1 is 1.44 bits per heavy atom. The lowest BCUT2D eigenvalue weighted by molar-refractivity contribution is -0.126. The van der Waals surface area contributed by atoms with Gasteiger partial charge in [-0.2, -0.15) is 4.31 Å². The van der Waals surface area contributed by atoms with Crippen molar-refractivity contribution >= 4 is 28.3 Å². The molecule has 1 fully saturated rings. The smallest absolute Gasteiger partial charge is 0.243 e. The number of halogens is 1. The second kappa shape index (κ2) is 9.96. The third kappa shape index (κ3) is 5.57. The van der Waals surface area contributed by atoms with Crippen LogP contribution in [0.25, 0.3) is 0 Å². The lowest BCUT2D eigenvalue weighted by atomic mass is 9.99. The van der Waals surface area contributed by atoms with Crippen molar-refractivity contribution in [3.8, 4) is 5.75 Å². The van der Waals surface area contributed by atoms with Crippen LogP contribution in [0, 0.1) is 5.92 Å². The van der Waals surface area contributed by atoms with Gasteiger partial charge >= 0.3 is 0 Å². The lowest BCUT2D eigenvalue weighted by Gasteiger charge is -2.31. The van der Waals surface area contributed by atoms with Crippen LogP contribution >= 0.6 is 12.4 Å². The highest BCUT2D eigenvalue weighted by atomic mass is 35.5. The van der Waals surface area contributed by atoms with Crippen LogP contribution < -0.4 is 15.8 Å². The van der Waals surface area contributed by atoms with Crippen molar-refractivity contribution in [3.63, 3.8) is 0 Å². The molecule has 3 N–H and O–H groups in total. The normalized spacial score (nSPS) is 18.2. The Kier molecular flexibility index (Phi) is 8.64. The summed E-state index contributed by atoms with van der Waals surface area (Å²) >= 11 is 0. The topological polar surface area (TPSA) is 102 Å². The standard InChI is InChI=1S/C16H25N3O4S.ClH/c1-2-23-14-6-3-7-15(11-14)24(21,22)19-10-4-5-13(12-19)16(20)18-9-8-17;/h3,6-7,11,13H,2,4-5,8-10,12,17H2,1H3,(H,18,20);1H. The van der Waals surface area contributed by atoms with Crippen molar-refractivity contribution in [2.45, 2.75) is 24.7 Å². The van der Waals surface area contributed by atoms with Crippen molar-refractivity contribution in [1.29, 1.82) is 0 Å². The first kappa shape index (κ1) is 21.7. The number of hydrogen-bond donors (Lipinski definition) is 2. The molecule has 7 nitrogen and oxygen atoms in total. The Bertz CT molecular complexity index is 669. The first-order valence-corrected chi connectivity index (χ1v) is 9.63. The molecule has 0 bridgehead atoms. The zero-order valence-electron chi connectivity index (χ0n) is 14.3. The number of nitrogens with zero attached hydrogens (tertiary/aromatic N) is 1. The van der Waals surface area contributed by atoms with Gasteiger partial charge in [-0.15, -0.1) is 12.4 Å². The van der Waals surface area contributed by atoms with Gasteiger partial charge in [0.25, 0.3) is 0 Å². The second-order valence-electron chi connectivity index (χ2n) is 5.69. The summed E-state index contributed by atoms with van der Waals surface area (Å²) in [6.07, 6.45) is 1.34. The minimum absolute atomic E-state index is 0. The molecule has 1 heterocycles.